The van der Waals surface area contributed by atoms with Gasteiger partial charge in [0.1, 0.15) is 0 Å². The summed E-state index contributed by atoms with van der Waals surface area (Å²) < 4.78 is 24.6. The molecule has 0 aliphatic heterocycles. The lowest BCUT2D eigenvalue weighted by atomic mass is 10.0. The molecule has 2 heterocycles. The van der Waals surface area contributed by atoms with Crippen molar-refractivity contribution in [2.24, 2.45) is 0 Å². The topological polar surface area (TPSA) is 64.2 Å². The van der Waals surface area contributed by atoms with E-state index in [0.717, 1.165) is 32.7 Å². The first-order valence-corrected chi connectivity index (χ1v) is 10.0. The van der Waals surface area contributed by atoms with Crippen LogP contribution in [0.15, 0.2) is 47.8 Å². The van der Waals surface area contributed by atoms with Gasteiger partial charge in [-0.1, -0.05) is 30.3 Å². The maximum Gasteiger partial charge on any atom is 0.357 e. The first-order valence-electron chi connectivity index (χ1n) is 9.15. The monoisotopic (exact) mass is 410 g/mol. The number of aromatic nitrogens is 2. The molecular formula is C22H19FN2O3S. The van der Waals surface area contributed by atoms with Crippen molar-refractivity contribution in [3.63, 3.8) is 0 Å². The molecule has 0 fully saturated rings. The third-order valence-electron chi connectivity index (χ3n) is 4.61. The molecule has 0 bridgehead atoms. The summed E-state index contributed by atoms with van der Waals surface area (Å²) in [6, 6.07) is 13.0. The molecule has 4 rings (SSSR count). The highest BCUT2D eigenvalue weighted by Gasteiger charge is 2.19. The van der Waals surface area contributed by atoms with E-state index in [1.165, 1.54) is 24.5 Å². The molecule has 0 atom stereocenters. The maximum atomic E-state index is 14.4. The Balaban J connectivity index is 1.81. The van der Waals surface area contributed by atoms with Crippen LogP contribution in [0.5, 0.6) is 5.75 Å². The summed E-state index contributed by atoms with van der Waals surface area (Å²) in [5.74, 6) is -0.678. The number of H-pyrrole nitrogens is 1. The van der Waals surface area contributed by atoms with Gasteiger partial charge in [-0.3, -0.25) is 0 Å². The average Bonchev–Trinajstić information content (AvgIpc) is 3.34. The first-order chi connectivity index (χ1) is 14.1. The Kier molecular flexibility index (Phi) is 5.31. The van der Waals surface area contributed by atoms with Crippen LogP contribution in [0.3, 0.4) is 0 Å². The van der Waals surface area contributed by atoms with Gasteiger partial charge in [0.05, 0.1) is 29.9 Å². The number of rotatable bonds is 6. The maximum absolute atomic E-state index is 14.4. The van der Waals surface area contributed by atoms with E-state index in [4.69, 9.17) is 9.47 Å². The van der Waals surface area contributed by atoms with Crippen LogP contribution in [0, 0.1) is 5.82 Å². The number of thiazole rings is 1. The minimum atomic E-state index is -0.437. The Morgan fingerprint density at radius 2 is 2.03 bits per heavy atom. The number of hydrogen-bond acceptors (Lipinski definition) is 5. The standard InChI is InChI=1S/C22H19FN2O3S/c1-3-28-22(26)18-12-29-20(24-18)10-15-14-9-16(23)19(27-2)11-17(14)25-21(15)13-7-5-4-6-8-13/h4-9,11-12,25H,3,10H2,1-2H3. The van der Waals surface area contributed by atoms with Crippen molar-refractivity contribution in [3.8, 4) is 17.0 Å². The summed E-state index contributed by atoms with van der Waals surface area (Å²) in [6.07, 6.45) is 0.458. The van der Waals surface area contributed by atoms with Gasteiger partial charge in [-0.15, -0.1) is 11.3 Å². The Bertz CT molecular complexity index is 1170. The molecule has 0 saturated carbocycles. The number of aromatic amines is 1. The van der Waals surface area contributed by atoms with E-state index in [0.29, 0.717) is 18.7 Å². The van der Waals surface area contributed by atoms with Crippen LogP contribution >= 0.6 is 11.3 Å². The normalized spacial score (nSPS) is 11.0. The molecule has 0 radical (unpaired) electrons. The fraction of sp³-hybridized carbons (Fsp3) is 0.182. The highest BCUT2D eigenvalue weighted by atomic mass is 32.1. The Labute approximate surface area is 171 Å². The zero-order valence-electron chi connectivity index (χ0n) is 16.0. The molecule has 1 N–H and O–H groups in total. The number of esters is 1. The molecule has 2 aromatic heterocycles. The van der Waals surface area contributed by atoms with Crippen LogP contribution in [0.25, 0.3) is 22.2 Å². The number of nitrogens with zero attached hydrogens (tertiary/aromatic N) is 1. The molecule has 0 aliphatic carbocycles. The number of benzene rings is 2. The molecule has 0 spiro atoms. The number of ether oxygens (including phenoxy) is 2. The van der Waals surface area contributed by atoms with Gasteiger partial charge in [-0.05, 0) is 24.1 Å². The number of methoxy groups -OCH3 is 1. The zero-order chi connectivity index (χ0) is 20.4. The van der Waals surface area contributed by atoms with E-state index >= 15 is 0 Å². The average molecular weight is 410 g/mol. The second-order valence-electron chi connectivity index (χ2n) is 6.40. The van der Waals surface area contributed by atoms with Gasteiger partial charge >= 0.3 is 5.97 Å². The van der Waals surface area contributed by atoms with Crippen LogP contribution in [0.1, 0.15) is 28.0 Å². The van der Waals surface area contributed by atoms with Crippen molar-refractivity contribution in [2.45, 2.75) is 13.3 Å². The second kappa shape index (κ2) is 8.05. The summed E-state index contributed by atoms with van der Waals surface area (Å²) in [5, 5.41) is 3.20. The van der Waals surface area contributed by atoms with E-state index in [9.17, 15) is 9.18 Å². The third kappa shape index (κ3) is 3.73. The molecule has 0 amide bonds. The number of carbonyl (C=O) groups is 1. The molecule has 4 aromatic rings. The van der Waals surface area contributed by atoms with Gasteiger partial charge < -0.3 is 14.5 Å². The Hall–Kier alpha value is -3.19. The lowest BCUT2D eigenvalue weighted by molar-refractivity contribution is 0.0520. The summed E-state index contributed by atoms with van der Waals surface area (Å²) in [7, 11) is 1.44. The second-order valence-corrected chi connectivity index (χ2v) is 7.34. The summed E-state index contributed by atoms with van der Waals surface area (Å²) in [4.78, 5) is 19.7. The molecule has 29 heavy (non-hydrogen) atoms. The van der Waals surface area contributed by atoms with Crippen molar-refractivity contribution in [3.05, 3.63) is 69.9 Å². The van der Waals surface area contributed by atoms with E-state index in [2.05, 4.69) is 9.97 Å². The molecule has 0 aliphatic rings. The number of nitrogens with one attached hydrogen (secondary N) is 1. The highest BCUT2D eigenvalue weighted by Crippen LogP contribution is 2.35. The van der Waals surface area contributed by atoms with Crippen molar-refractivity contribution in [1.29, 1.82) is 0 Å². The third-order valence-corrected chi connectivity index (χ3v) is 5.45. The van der Waals surface area contributed by atoms with Gasteiger partial charge in [-0.25, -0.2) is 14.2 Å². The van der Waals surface area contributed by atoms with Crippen LogP contribution in [0.2, 0.25) is 0 Å². The Morgan fingerprint density at radius 3 is 2.76 bits per heavy atom. The summed E-state index contributed by atoms with van der Waals surface area (Å²) in [6.45, 7) is 2.06. The molecule has 148 valence electrons. The van der Waals surface area contributed by atoms with E-state index in [1.807, 2.05) is 30.3 Å². The smallest absolute Gasteiger partial charge is 0.357 e. The van der Waals surface area contributed by atoms with E-state index in [-0.39, 0.29) is 5.75 Å². The molecule has 5 nitrogen and oxygen atoms in total. The van der Waals surface area contributed by atoms with Gasteiger partial charge in [0, 0.05) is 23.3 Å². The van der Waals surface area contributed by atoms with Crippen LogP contribution in [0.4, 0.5) is 4.39 Å². The zero-order valence-corrected chi connectivity index (χ0v) is 16.8. The van der Waals surface area contributed by atoms with Crippen LogP contribution < -0.4 is 4.74 Å². The first kappa shape index (κ1) is 19.1. The summed E-state index contributed by atoms with van der Waals surface area (Å²) >= 11 is 1.38. The van der Waals surface area contributed by atoms with Crippen molar-refractivity contribution < 1.29 is 18.7 Å². The van der Waals surface area contributed by atoms with E-state index in [1.54, 1.807) is 18.4 Å². The predicted molar refractivity (Wildman–Crippen MR) is 111 cm³/mol. The van der Waals surface area contributed by atoms with Crippen molar-refractivity contribution >= 4 is 28.2 Å². The highest BCUT2D eigenvalue weighted by molar-refractivity contribution is 7.09. The number of halogens is 1. The Morgan fingerprint density at radius 1 is 1.24 bits per heavy atom. The lowest BCUT2D eigenvalue weighted by Crippen LogP contribution is -2.05. The predicted octanol–water partition coefficient (Wildman–Crippen LogP) is 5.21. The van der Waals surface area contributed by atoms with Crippen molar-refractivity contribution in [2.75, 3.05) is 13.7 Å². The minimum absolute atomic E-state index is 0.184. The van der Waals surface area contributed by atoms with E-state index < -0.39 is 11.8 Å². The minimum Gasteiger partial charge on any atom is -0.494 e. The van der Waals surface area contributed by atoms with Gasteiger partial charge in [0.2, 0.25) is 0 Å². The number of carbonyl (C=O) groups excluding carboxylic acids is 1. The van der Waals surface area contributed by atoms with Crippen molar-refractivity contribution in [1.82, 2.24) is 9.97 Å². The van der Waals surface area contributed by atoms with Gasteiger partial charge in [0.15, 0.2) is 17.3 Å². The molecular weight excluding hydrogens is 391 g/mol. The van der Waals surface area contributed by atoms with Gasteiger partial charge in [0.25, 0.3) is 0 Å². The quantitative estimate of drug-likeness (QED) is 0.444. The lowest BCUT2D eigenvalue weighted by Gasteiger charge is -2.05. The molecule has 2 aromatic carbocycles. The molecule has 7 heteroatoms. The largest absolute Gasteiger partial charge is 0.494 e. The number of fused-ring (bicyclic) bond motifs is 1. The van der Waals surface area contributed by atoms with Gasteiger partial charge in [-0.2, -0.15) is 0 Å². The van der Waals surface area contributed by atoms with Crippen LogP contribution in [-0.2, 0) is 11.2 Å². The summed E-state index contributed by atoms with van der Waals surface area (Å²) in [5.41, 5.74) is 3.86. The fourth-order valence-corrected chi connectivity index (χ4v) is 4.06. The fourth-order valence-electron chi connectivity index (χ4n) is 3.28. The number of hydrogen-bond donors (Lipinski definition) is 1. The SMILES string of the molecule is CCOC(=O)c1csc(Cc2c(-c3ccccc3)[nH]c3cc(OC)c(F)cc23)n1. The molecule has 0 unspecified atom stereocenters. The molecule has 0 saturated heterocycles. The van der Waals surface area contributed by atoms with Crippen LogP contribution in [-0.4, -0.2) is 29.7 Å².